The van der Waals surface area contributed by atoms with E-state index in [0.29, 0.717) is 24.9 Å². The lowest BCUT2D eigenvalue weighted by Crippen LogP contribution is -2.31. The number of methoxy groups -OCH3 is 1. The number of nitrogens with one attached hydrogen (secondary N) is 1. The fourth-order valence-electron chi connectivity index (χ4n) is 2.21. The van der Waals surface area contributed by atoms with E-state index >= 15 is 0 Å². The van der Waals surface area contributed by atoms with Gasteiger partial charge >= 0.3 is 5.97 Å². The van der Waals surface area contributed by atoms with E-state index in [1.165, 1.54) is 7.11 Å². The Labute approximate surface area is 143 Å². The van der Waals surface area contributed by atoms with E-state index in [1.807, 2.05) is 12.1 Å². The molecule has 0 radical (unpaired) electrons. The minimum Gasteiger partial charge on any atom is -0.469 e. The van der Waals surface area contributed by atoms with Gasteiger partial charge in [-0.1, -0.05) is 51.5 Å². The molecule has 1 N–H and O–H groups in total. The highest BCUT2D eigenvalue weighted by atomic mass is 16.5. The van der Waals surface area contributed by atoms with Gasteiger partial charge in [-0.25, -0.2) is 0 Å². The molecule has 0 bridgehead atoms. The van der Waals surface area contributed by atoms with Crippen molar-refractivity contribution in [1.29, 1.82) is 0 Å². The molecule has 0 aliphatic heterocycles. The smallest absolute Gasteiger partial charge is 0.305 e. The number of ether oxygens (including phenoxy) is 1. The Morgan fingerprint density at radius 1 is 1.00 bits per heavy atom. The van der Waals surface area contributed by atoms with Gasteiger partial charge in [0.05, 0.1) is 7.11 Å². The summed E-state index contributed by atoms with van der Waals surface area (Å²) in [4.78, 5) is 34.9. The molecule has 24 heavy (non-hydrogen) atoms. The molecule has 0 saturated heterocycles. The Bertz CT molecular complexity index is 570. The summed E-state index contributed by atoms with van der Waals surface area (Å²) in [6.07, 6.45) is 2.61. The first-order valence-corrected chi connectivity index (χ1v) is 8.25. The number of hydrogen-bond acceptors (Lipinski definition) is 4. The van der Waals surface area contributed by atoms with Crippen LogP contribution in [0.1, 0.15) is 62.4 Å². The Morgan fingerprint density at radius 3 is 2.17 bits per heavy atom. The van der Waals surface area contributed by atoms with Gasteiger partial charge < -0.3 is 10.1 Å². The van der Waals surface area contributed by atoms with Gasteiger partial charge in [-0.15, -0.1) is 0 Å². The van der Waals surface area contributed by atoms with E-state index in [4.69, 9.17) is 0 Å². The summed E-state index contributed by atoms with van der Waals surface area (Å²) in [6.45, 7) is 6.70. The number of benzene rings is 1. The molecule has 0 saturated carbocycles. The molecule has 0 aromatic heterocycles. The van der Waals surface area contributed by atoms with Crippen LogP contribution in [0.2, 0.25) is 0 Å². The number of Topliss-reactive ketones (excluding diaryl/α,β-unsaturated/α-hetero) is 1. The summed E-state index contributed by atoms with van der Waals surface area (Å²) in [7, 11) is 1.36. The average molecular weight is 333 g/mol. The van der Waals surface area contributed by atoms with Gasteiger partial charge in [-0.2, -0.15) is 0 Å². The highest BCUT2D eigenvalue weighted by Gasteiger charge is 2.18. The molecule has 0 spiro atoms. The van der Waals surface area contributed by atoms with Crippen LogP contribution < -0.4 is 5.32 Å². The molecular weight excluding hydrogens is 306 g/mol. The number of ketones is 1. The standard InChI is InChI=1S/C19H27NO4/c1-19(2,3)15-11-9-14(10-12-15)17(22)18(23)20-13-7-5-6-8-16(21)24-4/h9-12H,5-8,13H2,1-4H3,(H,20,23). The first-order chi connectivity index (χ1) is 11.3. The van der Waals surface area contributed by atoms with Gasteiger partial charge in [0.15, 0.2) is 0 Å². The second-order valence-corrected chi connectivity index (χ2v) is 6.80. The van der Waals surface area contributed by atoms with Crippen molar-refractivity contribution in [3.63, 3.8) is 0 Å². The normalized spacial score (nSPS) is 11.0. The van der Waals surface area contributed by atoms with Crippen molar-refractivity contribution < 1.29 is 19.1 Å². The lowest BCUT2D eigenvalue weighted by Gasteiger charge is -2.18. The van der Waals surface area contributed by atoms with E-state index in [-0.39, 0.29) is 11.4 Å². The lowest BCUT2D eigenvalue weighted by atomic mass is 9.86. The molecular formula is C19H27NO4. The zero-order chi connectivity index (χ0) is 18.2. The highest BCUT2D eigenvalue weighted by molar-refractivity contribution is 6.42. The van der Waals surface area contributed by atoms with Crippen molar-refractivity contribution in [1.82, 2.24) is 5.32 Å². The van der Waals surface area contributed by atoms with Crippen LogP contribution in [-0.2, 0) is 19.7 Å². The van der Waals surface area contributed by atoms with Crippen molar-refractivity contribution >= 4 is 17.7 Å². The van der Waals surface area contributed by atoms with Crippen LogP contribution in [-0.4, -0.2) is 31.3 Å². The third-order valence-electron chi connectivity index (χ3n) is 3.79. The van der Waals surface area contributed by atoms with Gasteiger partial charge in [0.25, 0.3) is 5.91 Å². The molecule has 0 unspecified atom stereocenters. The zero-order valence-electron chi connectivity index (χ0n) is 15.0. The van der Waals surface area contributed by atoms with Crippen LogP contribution in [0.25, 0.3) is 0 Å². The van der Waals surface area contributed by atoms with Crippen LogP contribution in [0.5, 0.6) is 0 Å². The Kier molecular flexibility index (Phi) is 7.62. The fourth-order valence-corrected chi connectivity index (χ4v) is 2.21. The summed E-state index contributed by atoms with van der Waals surface area (Å²) >= 11 is 0. The SMILES string of the molecule is COC(=O)CCCCCNC(=O)C(=O)c1ccc(C(C)(C)C)cc1. The van der Waals surface area contributed by atoms with Crippen molar-refractivity contribution in [3.8, 4) is 0 Å². The molecule has 0 aliphatic carbocycles. The van der Waals surface area contributed by atoms with E-state index in [0.717, 1.165) is 18.4 Å². The number of hydrogen-bond donors (Lipinski definition) is 1. The second-order valence-electron chi connectivity index (χ2n) is 6.80. The molecule has 132 valence electrons. The maximum Gasteiger partial charge on any atom is 0.305 e. The number of carbonyl (C=O) groups is 3. The quantitative estimate of drug-likeness (QED) is 0.343. The lowest BCUT2D eigenvalue weighted by molar-refractivity contribution is -0.140. The second kappa shape index (κ2) is 9.21. The van der Waals surface area contributed by atoms with Gasteiger partial charge in [0.2, 0.25) is 5.78 Å². The summed E-state index contributed by atoms with van der Waals surface area (Å²) in [5, 5.41) is 2.62. The minimum atomic E-state index is -0.591. The molecule has 5 nitrogen and oxygen atoms in total. The van der Waals surface area contributed by atoms with Crippen LogP contribution in [0.4, 0.5) is 0 Å². The molecule has 0 atom stereocenters. The maximum atomic E-state index is 12.1. The van der Waals surface area contributed by atoms with Crippen molar-refractivity contribution in [2.24, 2.45) is 0 Å². The van der Waals surface area contributed by atoms with E-state index in [2.05, 4.69) is 30.8 Å². The molecule has 0 heterocycles. The third kappa shape index (κ3) is 6.52. The van der Waals surface area contributed by atoms with Crippen LogP contribution >= 0.6 is 0 Å². The molecule has 1 rings (SSSR count). The van der Waals surface area contributed by atoms with Gasteiger partial charge in [0.1, 0.15) is 0 Å². The maximum absolute atomic E-state index is 12.1. The van der Waals surface area contributed by atoms with Crippen LogP contribution in [0.15, 0.2) is 24.3 Å². The molecule has 0 aliphatic rings. The monoisotopic (exact) mass is 333 g/mol. The number of unbranched alkanes of at least 4 members (excludes halogenated alkanes) is 2. The topological polar surface area (TPSA) is 72.5 Å². The first-order valence-electron chi connectivity index (χ1n) is 8.25. The van der Waals surface area contributed by atoms with Gasteiger partial charge in [0, 0.05) is 18.5 Å². The van der Waals surface area contributed by atoms with Gasteiger partial charge in [-0.3, -0.25) is 14.4 Å². The first kappa shape index (κ1) is 19.9. The third-order valence-corrected chi connectivity index (χ3v) is 3.79. The molecule has 5 heteroatoms. The zero-order valence-corrected chi connectivity index (χ0v) is 15.0. The molecule has 1 aromatic rings. The highest BCUT2D eigenvalue weighted by Crippen LogP contribution is 2.22. The summed E-state index contributed by atoms with van der Waals surface area (Å²) in [5.41, 5.74) is 1.52. The molecule has 1 aromatic carbocycles. The van der Waals surface area contributed by atoms with Crippen LogP contribution in [0, 0.1) is 0 Å². The largest absolute Gasteiger partial charge is 0.469 e. The Balaban J connectivity index is 2.37. The summed E-state index contributed by atoms with van der Waals surface area (Å²) in [5.74, 6) is -1.34. The number of carbonyl (C=O) groups excluding carboxylic acids is 3. The fraction of sp³-hybridized carbons (Fsp3) is 0.526. The Hall–Kier alpha value is -2.17. The van der Waals surface area contributed by atoms with E-state index in [1.54, 1.807) is 12.1 Å². The number of esters is 1. The number of rotatable bonds is 8. The van der Waals surface area contributed by atoms with Crippen molar-refractivity contribution in [2.75, 3.05) is 13.7 Å². The molecule has 1 amide bonds. The van der Waals surface area contributed by atoms with Gasteiger partial charge in [-0.05, 0) is 23.8 Å². The predicted molar refractivity (Wildman–Crippen MR) is 93.0 cm³/mol. The van der Waals surface area contributed by atoms with Crippen LogP contribution in [0.3, 0.4) is 0 Å². The summed E-state index contributed by atoms with van der Waals surface area (Å²) < 4.78 is 4.55. The Morgan fingerprint density at radius 2 is 1.62 bits per heavy atom. The predicted octanol–water partition coefficient (Wildman–Crippen LogP) is 3.02. The van der Waals surface area contributed by atoms with Crippen molar-refractivity contribution in [3.05, 3.63) is 35.4 Å². The minimum absolute atomic E-state index is 0.00797. The number of amides is 1. The summed E-state index contributed by atoms with van der Waals surface area (Å²) in [6, 6.07) is 7.15. The van der Waals surface area contributed by atoms with Crippen molar-refractivity contribution in [2.45, 2.75) is 51.9 Å². The average Bonchev–Trinajstić information content (AvgIpc) is 2.56. The van der Waals surface area contributed by atoms with E-state index in [9.17, 15) is 14.4 Å². The molecule has 0 fully saturated rings. The van der Waals surface area contributed by atoms with E-state index < -0.39 is 11.7 Å².